The van der Waals surface area contributed by atoms with E-state index in [2.05, 4.69) is 40.7 Å². The molecule has 4 rings (SSSR count). The van der Waals surface area contributed by atoms with Crippen molar-refractivity contribution in [2.45, 2.75) is 37.8 Å². The highest BCUT2D eigenvalue weighted by molar-refractivity contribution is 5.93. The number of hydrogen-bond acceptors (Lipinski definition) is 5. The number of carbonyl (C=O) groups is 1. The van der Waals surface area contributed by atoms with E-state index in [4.69, 9.17) is 9.84 Å². The summed E-state index contributed by atoms with van der Waals surface area (Å²) in [5.74, 6) is 0.632. The molecular weight excluding hydrogens is 380 g/mol. The van der Waals surface area contributed by atoms with Gasteiger partial charge < -0.3 is 20.1 Å². The molecule has 162 valence electrons. The Kier molecular flexibility index (Phi) is 6.51. The summed E-state index contributed by atoms with van der Waals surface area (Å²) < 4.78 is 7.19. The SMILES string of the molecule is COCC1(CNC2CC2c2ccccc2)CCN(C(=O)c2cnn(CCO)c2)CC1. The molecule has 1 saturated carbocycles. The predicted molar refractivity (Wildman–Crippen MR) is 114 cm³/mol. The van der Waals surface area contributed by atoms with Crippen LogP contribution in [0.15, 0.2) is 42.7 Å². The van der Waals surface area contributed by atoms with Gasteiger partial charge in [0.1, 0.15) is 0 Å². The largest absolute Gasteiger partial charge is 0.394 e. The summed E-state index contributed by atoms with van der Waals surface area (Å²) in [5, 5.41) is 16.9. The average molecular weight is 413 g/mol. The lowest BCUT2D eigenvalue weighted by atomic mass is 9.78. The summed E-state index contributed by atoms with van der Waals surface area (Å²) in [4.78, 5) is 14.7. The van der Waals surface area contributed by atoms with E-state index in [0.29, 0.717) is 30.7 Å². The molecule has 2 heterocycles. The number of methoxy groups -OCH3 is 1. The molecule has 1 aliphatic carbocycles. The van der Waals surface area contributed by atoms with Crippen LogP contribution in [0.1, 0.15) is 41.1 Å². The molecular formula is C23H32N4O3. The van der Waals surface area contributed by atoms with E-state index < -0.39 is 0 Å². The summed E-state index contributed by atoms with van der Waals surface area (Å²) in [6.45, 7) is 3.49. The number of likely N-dealkylation sites (tertiary alicyclic amines) is 1. The van der Waals surface area contributed by atoms with E-state index >= 15 is 0 Å². The molecule has 2 N–H and O–H groups in total. The first-order valence-corrected chi connectivity index (χ1v) is 10.8. The van der Waals surface area contributed by atoms with Gasteiger partial charge in [0.05, 0.1) is 31.5 Å². The number of carbonyl (C=O) groups excluding carboxylic acids is 1. The van der Waals surface area contributed by atoms with Crippen LogP contribution in [0.2, 0.25) is 0 Å². The van der Waals surface area contributed by atoms with Crippen LogP contribution in [0.3, 0.4) is 0 Å². The molecule has 2 aromatic rings. The number of ether oxygens (including phenoxy) is 1. The fourth-order valence-corrected chi connectivity index (χ4v) is 4.58. The normalized spacial score (nSPS) is 22.8. The molecule has 1 aromatic heterocycles. The Morgan fingerprint density at radius 1 is 1.30 bits per heavy atom. The van der Waals surface area contributed by atoms with E-state index in [1.807, 2.05) is 4.90 Å². The Morgan fingerprint density at radius 2 is 2.07 bits per heavy atom. The average Bonchev–Trinajstić information content (AvgIpc) is 3.42. The first kappa shape index (κ1) is 21.0. The Morgan fingerprint density at radius 3 is 2.77 bits per heavy atom. The van der Waals surface area contributed by atoms with Crippen molar-refractivity contribution in [2.75, 3.05) is 40.0 Å². The molecule has 7 heteroatoms. The maximum atomic E-state index is 12.8. The van der Waals surface area contributed by atoms with Crippen LogP contribution in [-0.4, -0.2) is 71.7 Å². The second-order valence-electron chi connectivity index (χ2n) is 8.68. The third-order valence-electron chi connectivity index (χ3n) is 6.53. The number of nitrogens with one attached hydrogen (secondary N) is 1. The highest BCUT2D eigenvalue weighted by Gasteiger charge is 2.42. The van der Waals surface area contributed by atoms with Crippen LogP contribution in [0.4, 0.5) is 0 Å². The molecule has 2 unspecified atom stereocenters. The van der Waals surface area contributed by atoms with Crippen molar-refractivity contribution >= 4 is 5.91 Å². The number of aliphatic hydroxyl groups excluding tert-OH is 1. The molecule has 1 aliphatic heterocycles. The van der Waals surface area contributed by atoms with Crippen molar-refractivity contribution in [3.8, 4) is 0 Å². The van der Waals surface area contributed by atoms with Gasteiger partial charge in [-0.1, -0.05) is 30.3 Å². The zero-order valence-electron chi connectivity index (χ0n) is 17.7. The van der Waals surface area contributed by atoms with Crippen molar-refractivity contribution in [1.82, 2.24) is 20.0 Å². The topological polar surface area (TPSA) is 79.6 Å². The minimum atomic E-state index is 0.0116. The lowest BCUT2D eigenvalue weighted by Gasteiger charge is -2.41. The molecule has 1 saturated heterocycles. The fraction of sp³-hybridized carbons (Fsp3) is 0.565. The van der Waals surface area contributed by atoms with Crippen LogP contribution in [0.25, 0.3) is 0 Å². The summed E-state index contributed by atoms with van der Waals surface area (Å²) in [6.07, 6.45) is 6.34. The third kappa shape index (κ3) is 4.74. The lowest BCUT2D eigenvalue weighted by Crippen LogP contribution is -2.49. The van der Waals surface area contributed by atoms with Gasteiger partial charge >= 0.3 is 0 Å². The van der Waals surface area contributed by atoms with Crippen molar-refractivity contribution in [2.24, 2.45) is 5.41 Å². The van der Waals surface area contributed by atoms with Crippen molar-refractivity contribution < 1.29 is 14.6 Å². The highest BCUT2D eigenvalue weighted by atomic mass is 16.5. The summed E-state index contributed by atoms with van der Waals surface area (Å²) in [5.41, 5.74) is 2.07. The number of aliphatic hydroxyl groups is 1. The van der Waals surface area contributed by atoms with Crippen molar-refractivity contribution in [3.05, 3.63) is 53.9 Å². The van der Waals surface area contributed by atoms with E-state index in [-0.39, 0.29) is 17.9 Å². The van der Waals surface area contributed by atoms with Crippen LogP contribution >= 0.6 is 0 Å². The van der Waals surface area contributed by atoms with Crippen molar-refractivity contribution in [1.29, 1.82) is 0 Å². The van der Waals surface area contributed by atoms with E-state index in [1.165, 1.54) is 12.0 Å². The number of nitrogens with zero attached hydrogens (tertiary/aromatic N) is 3. The van der Waals surface area contributed by atoms with Crippen molar-refractivity contribution in [3.63, 3.8) is 0 Å². The minimum absolute atomic E-state index is 0.0116. The summed E-state index contributed by atoms with van der Waals surface area (Å²) in [7, 11) is 1.76. The number of rotatable bonds is 9. The van der Waals surface area contributed by atoms with Gasteiger partial charge in [0, 0.05) is 50.3 Å². The van der Waals surface area contributed by atoms with Gasteiger partial charge in [-0.3, -0.25) is 9.48 Å². The first-order valence-electron chi connectivity index (χ1n) is 10.8. The Balaban J connectivity index is 1.30. The first-order chi connectivity index (χ1) is 14.6. The van der Waals surface area contributed by atoms with Crippen LogP contribution in [-0.2, 0) is 11.3 Å². The highest BCUT2D eigenvalue weighted by Crippen LogP contribution is 2.42. The monoisotopic (exact) mass is 412 g/mol. The summed E-state index contributed by atoms with van der Waals surface area (Å²) >= 11 is 0. The smallest absolute Gasteiger partial charge is 0.257 e. The Hall–Kier alpha value is -2.22. The molecule has 0 spiro atoms. The maximum absolute atomic E-state index is 12.8. The molecule has 2 atom stereocenters. The van der Waals surface area contributed by atoms with Gasteiger partial charge in [-0.05, 0) is 24.8 Å². The number of piperidine rings is 1. The molecule has 2 aliphatic rings. The number of amides is 1. The molecule has 0 radical (unpaired) electrons. The van der Waals surface area contributed by atoms with Gasteiger partial charge in [-0.15, -0.1) is 0 Å². The quantitative estimate of drug-likeness (QED) is 0.658. The van der Waals surface area contributed by atoms with Gasteiger partial charge in [0.25, 0.3) is 5.91 Å². The second-order valence-corrected chi connectivity index (χ2v) is 8.68. The van der Waals surface area contributed by atoms with Gasteiger partial charge in [-0.25, -0.2) is 0 Å². The molecule has 1 aromatic carbocycles. The number of aromatic nitrogens is 2. The standard InChI is InChI=1S/C23H32N4O3/c1-30-17-23(16-24-21-13-20(21)18-5-3-2-4-6-18)7-9-26(10-8-23)22(29)19-14-25-27(15-19)11-12-28/h2-6,14-15,20-21,24,28H,7-13,16-17H2,1H3. The van der Waals surface area contributed by atoms with E-state index in [0.717, 1.165) is 32.5 Å². The fourth-order valence-electron chi connectivity index (χ4n) is 4.58. The minimum Gasteiger partial charge on any atom is -0.394 e. The number of hydrogen-bond donors (Lipinski definition) is 2. The molecule has 7 nitrogen and oxygen atoms in total. The summed E-state index contributed by atoms with van der Waals surface area (Å²) in [6, 6.07) is 11.2. The maximum Gasteiger partial charge on any atom is 0.257 e. The molecule has 0 bridgehead atoms. The Bertz CT molecular complexity index is 830. The predicted octanol–water partition coefficient (Wildman–Crippen LogP) is 1.89. The zero-order valence-corrected chi connectivity index (χ0v) is 17.7. The van der Waals surface area contributed by atoms with Crippen LogP contribution in [0.5, 0.6) is 0 Å². The molecule has 2 fully saturated rings. The van der Waals surface area contributed by atoms with Gasteiger partial charge in [0.2, 0.25) is 0 Å². The van der Waals surface area contributed by atoms with E-state index in [1.54, 1.807) is 24.2 Å². The molecule has 1 amide bonds. The second kappa shape index (κ2) is 9.29. The zero-order chi connectivity index (χ0) is 21.0. The van der Waals surface area contributed by atoms with Gasteiger partial charge in [-0.2, -0.15) is 5.10 Å². The molecule has 30 heavy (non-hydrogen) atoms. The Labute approximate surface area is 178 Å². The van der Waals surface area contributed by atoms with E-state index in [9.17, 15) is 4.79 Å². The van der Waals surface area contributed by atoms with Gasteiger partial charge in [0.15, 0.2) is 0 Å². The lowest BCUT2D eigenvalue weighted by molar-refractivity contribution is 0.0202. The number of benzene rings is 1. The van der Waals surface area contributed by atoms with Crippen LogP contribution < -0.4 is 5.32 Å². The third-order valence-corrected chi connectivity index (χ3v) is 6.53. The van der Waals surface area contributed by atoms with Crippen LogP contribution in [0, 0.1) is 5.41 Å².